The highest BCUT2D eigenvalue weighted by molar-refractivity contribution is 9.10. The molecule has 0 saturated carbocycles. The van der Waals surface area contributed by atoms with Gasteiger partial charge in [0.15, 0.2) is 0 Å². The molecule has 0 amide bonds. The maximum atomic E-state index is 4.71. The van der Waals surface area contributed by atoms with Crippen LogP contribution in [0.25, 0.3) is 0 Å². The van der Waals surface area contributed by atoms with Crippen LogP contribution in [0.1, 0.15) is 33.3 Å². The third-order valence-electron chi connectivity index (χ3n) is 3.93. The average Bonchev–Trinajstić information content (AvgIpc) is 2.42. The summed E-state index contributed by atoms with van der Waals surface area (Å²) >= 11 is 5.62. The van der Waals surface area contributed by atoms with Gasteiger partial charge < -0.3 is 10.2 Å². The molecule has 1 fully saturated rings. The van der Waals surface area contributed by atoms with Gasteiger partial charge in [-0.15, -0.1) is 0 Å². The Morgan fingerprint density at radius 2 is 2.24 bits per heavy atom. The van der Waals surface area contributed by atoms with Crippen molar-refractivity contribution >= 4 is 33.5 Å². The van der Waals surface area contributed by atoms with E-state index >= 15 is 0 Å². The summed E-state index contributed by atoms with van der Waals surface area (Å²) in [6.45, 7) is 12.1. The van der Waals surface area contributed by atoms with Crippen molar-refractivity contribution in [2.24, 2.45) is 5.92 Å². The van der Waals surface area contributed by atoms with Crippen molar-refractivity contribution in [3.05, 3.63) is 22.3 Å². The lowest BCUT2D eigenvalue weighted by Crippen LogP contribution is -2.45. The fraction of sp³-hybridized carbons (Fsp3) is 0.688. The van der Waals surface area contributed by atoms with Gasteiger partial charge in [0, 0.05) is 46.4 Å². The van der Waals surface area contributed by atoms with Crippen LogP contribution in [-0.2, 0) is 6.54 Å². The number of anilines is 1. The monoisotopic (exact) mass is 371 g/mol. The molecule has 118 valence electrons. The van der Waals surface area contributed by atoms with Gasteiger partial charge in [0.1, 0.15) is 5.82 Å². The molecular weight excluding hydrogens is 346 g/mol. The predicted octanol–water partition coefficient (Wildman–Crippen LogP) is 3.92. The van der Waals surface area contributed by atoms with Gasteiger partial charge in [0.05, 0.1) is 0 Å². The quantitative estimate of drug-likeness (QED) is 0.848. The highest BCUT2D eigenvalue weighted by atomic mass is 79.9. The third kappa shape index (κ3) is 4.60. The highest BCUT2D eigenvalue weighted by Gasteiger charge is 2.27. The van der Waals surface area contributed by atoms with Crippen LogP contribution in [0.15, 0.2) is 16.7 Å². The van der Waals surface area contributed by atoms with E-state index in [0.29, 0.717) is 17.2 Å². The Kier molecular flexibility index (Phi) is 6.38. The fourth-order valence-corrected chi connectivity index (χ4v) is 4.07. The van der Waals surface area contributed by atoms with Crippen molar-refractivity contribution < 1.29 is 0 Å². The van der Waals surface area contributed by atoms with E-state index in [1.54, 1.807) is 0 Å². The van der Waals surface area contributed by atoms with E-state index in [0.717, 1.165) is 29.9 Å². The molecule has 5 heteroatoms. The molecule has 1 aromatic heterocycles. The molecule has 2 heterocycles. The Bertz CT molecular complexity index is 467. The summed E-state index contributed by atoms with van der Waals surface area (Å²) in [6.07, 6.45) is 1.92. The Morgan fingerprint density at radius 3 is 2.95 bits per heavy atom. The second-order valence-corrected chi connectivity index (χ2v) is 8.57. The molecule has 1 saturated heterocycles. The molecule has 0 spiro atoms. The van der Waals surface area contributed by atoms with Crippen LogP contribution < -0.4 is 10.2 Å². The Hall–Kier alpha value is -0.260. The van der Waals surface area contributed by atoms with Gasteiger partial charge in [-0.25, -0.2) is 4.98 Å². The van der Waals surface area contributed by atoms with Gasteiger partial charge in [-0.2, -0.15) is 11.8 Å². The summed E-state index contributed by atoms with van der Waals surface area (Å²) in [5, 5.41) is 4.19. The number of nitrogens with one attached hydrogen (secondary N) is 1. The predicted molar refractivity (Wildman–Crippen MR) is 97.2 cm³/mol. The lowest BCUT2D eigenvalue weighted by molar-refractivity contribution is 0.548. The third-order valence-corrected chi connectivity index (χ3v) is 5.71. The summed E-state index contributed by atoms with van der Waals surface area (Å²) in [4.78, 5) is 7.19. The first-order chi connectivity index (χ1) is 9.99. The summed E-state index contributed by atoms with van der Waals surface area (Å²) in [5.41, 5.74) is 1.29. The van der Waals surface area contributed by atoms with E-state index in [-0.39, 0.29) is 0 Å². The molecule has 0 aromatic carbocycles. The largest absolute Gasteiger partial charge is 0.352 e. The number of hydrogen-bond acceptors (Lipinski definition) is 4. The number of rotatable bonds is 5. The van der Waals surface area contributed by atoms with Crippen molar-refractivity contribution in [3.63, 3.8) is 0 Å². The molecule has 1 aliphatic rings. The first kappa shape index (κ1) is 17.1. The molecule has 0 radical (unpaired) electrons. The van der Waals surface area contributed by atoms with E-state index in [1.807, 2.05) is 6.20 Å². The second kappa shape index (κ2) is 7.84. The number of hydrogen-bond donors (Lipinski definition) is 1. The fourth-order valence-electron chi connectivity index (χ4n) is 2.59. The second-order valence-electron chi connectivity index (χ2n) is 6.17. The molecule has 0 bridgehead atoms. The molecule has 1 N–H and O–H groups in total. The van der Waals surface area contributed by atoms with Crippen LogP contribution in [0.2, 0.25) is 0 Å². The molecule has 1 aromatic rings. The zero-order valence-corrected chi connectivity index (χ0v) is 15.8. The van der Waals surface area contributed by atoms with Crippen LogP contribution in [0.5, 0.6) is 0 Å². The first-order valence-corrected chi connectivity index (χ1v) is 9.56. The highest BCUT2D eigenvalue weighted by Crippen LogP contribution is 2.30. The maximum absolute atomic E-state index is 4.71. The van der Waals surface area contributed by atoms with E-state index in [2.05, 4.69) is 71.7 Å². The number of halogens is 1. The van der Waals surface area contributed by atoms with Gasteiger partial charge in [-0.05, 0) is 41.4 Å². The molecular formula is C16H26BrN3S. The number of nitrogens with zero attached hydrogens (tertiary/aromatic N) is 2. The lowest BCUT2D eigenvalue weighted by atomic mass is 10.1. The van der Waals surface area contributed by atoms with Crippen molar-refractivity contribution in [3.8, 4) is 0 Å². The first-order valence-electron chi connectivity index (χ1n) is 7.72. The maximum Gasteiger partial charge on any atom is 0.133 e. The van der Waals surface area contributed by atoms with Crippen LogP contribution in [0.3, 0.4) is 0 Å². The molecule has 2 unspecified atom stereocenters. The van der Waals surface area contributed by atoms with Gasteiger partial charge in [0.25, 0.3) is 0 Å². The minimum Gasteiger partial charge on any atom is -0.352 e. The van der Waals surface area contributed by atoms with Crippen molar-refractivity contribution in [2.75, 3.05) is 23.7 Å². The standard InChI is InChI=1S/C16H26BrN3S/c1-11(2)8-18-9-14-7-15(17)10-19-16(14)20-5-6-21-13(4)12(20)3/h7,10-13,18H,5-6,8-9H2,1-4H3. The van der Waals surface area contributed by atoms with Crippen LogP contribution in [-0.4, -0.2) is 35.1 Å². The van der Waals surface area contributed by atoms with Crippen LogP contribution in [0, 0.1) is 5.92 Å². The smallest absolute Gasteiger partial charge is 0.133 e. The average molecular weight is 372 g/mol. The van der Waals surface area contributed by atoms with E-state index in [4.69, 9.17) is 4.98 Å². The van der Waals surface area contributed by atoms with Crippen molar-refractivity contribution in [1.82, 2.24) is 10.3 Å². The zero-order valence-electron chi connectivity index (χ0n) is 13.4. The summed E-state index contributed by atoms with van der Waals surface area (Å²) in [5.74, 6) is 3.00. The summed E-state index contributed by atoms with van der Waals surface area (Å²) < 4.78 is 1.06. The minimum atomic E-state index is 0.529. The molecule has 0 aliphatic carbocycles. The van der Waals surface area contributed by atoms with Gasteiger partial charge in [-0.3, -0.25) is 0 Å². The zero-order chi connectivity index (χ0) is 15.4. The summed E-state index contributed by atoms with van der Waals surface area (Å²) in [7, 11) is 0. The molecule has 1 aliphatic heterocycles. The Balaban J connectivity index is 2.17. The SMILES string of the molecule is CC(C)CNCc1cc(Br)cnc1N1CCSC(C)C1C. The van der Waals surface area contributed by atoms with Gasteiger partial charge in [-0.1, -0.05) is 20.8 Å². The van der Waals surface area contributed by atoms with Crippen molar-refractivity contribution in [1.29, 1.82) is 0 Å². The van der Waals surface area contributed by atoms with Crippen molar-refractivity contribution in [2.45, 2.75) is 45.5 Å². The normalized spacial score (nSPS) is 22.9. The number of pyridine rings is 1. The Morgan fingerprint density at radius 1 is 1.48 bits per heavy atom. The van der Waals surface area contributed by atoms with E-state index < -0.39 is 0 Å². The molecule has 2 rings (SSSR count). The van der Waals surface area contributed by atoms with E-state index in [1.165, 1.54) is 11.3 Å². The van der Waals surface area contributed by atoms with Crippen LogP contribution in [0.4, 0.5) is 5.82 Å². The number of aromatic nitrogens is 1. The summed E-state index contributed by atoms with van der Waals surface area (Å²) in [6, 6.07) is 2.73. The molecule has 3 nitrogen and oxygen atoms in total. The van der Waals surface area contributed by atoms with Gasteiger partial charge in [0.2, 0.25) is 0 Å². The number of thioether (sulfide) groups is 1. The minimum absolute atomic E-state index is 0.529. The van der Waals surface area contributed by atoms with Gasteiger partial charge >= 0.3 is 0 Å². The Labute approximate surface area is 141 Å². The van der Waals surface area contributed by atoms with Crippen LogP contribution >= 0.6 is 27.7 Å². The lowest BCUT2D eigenvalue weighted by Gasteiger charge is -2.39. The molecule has 21 heavy (non-hydrogen) atoms. The van der Waals surface area contributed by atoms with E-state index in [9.17, 15) is 0 Å². The molecule has 2 atom stereocenters. The topological polar surface area (TPSA) is 28.2 Å².